The van der Waals surface area contributed by atoms with Crippen molar-refractivity contribution in [2.24, 2.45) is 11.3 Å². The summed E-state index contributed by atoms with van der Waals surface area (Å²) in [5, 5.41) is 9.55. The van der Waals surface area contributed by atoms with Gasteiger partial charge in [-0.2, -0.15) is 5.26 Å². The van der Waals surface area contributed by atoms with E-state index in [9.17, 15) is 10.1 Å². The van der Waals surface area contributed by atoms with Gasteiger partial charge in [0.25, 0.3) is 0 Å². The normalized spacial score (nSPS) is 13.6. The van der Waals surface area contributed by atoms with Crippen molar-refractivity contribution < 1.29 is 9.53 Å². The molecule has 0 saturated carbocycles. The molecule has 0 radical (unpaired) electrons. The Bertz CT molecular complexity index is 899. The maximum Gasteiger partial charge on any atom is 0.331 e. The number of nitrogens with zero attached hydrogens (tertiary/aromatic N) is 2. The fraction of sp³-hybridized carbons (Fsp3) is 0.567. The number of pyridine rings is 1. The number of hydrogen-bond acceptors (Lipinski definition) is 4. The van der Waals surface area contributed by atoms with Crippen LogP contribution in [-0.4, -0.2) is 11.0 Å². The largest absolute Gasteiger partial charge is 0.425 e. The summed E-state index contributed by atoms with van der Waals surface area (Å²) in [6.07, 6.45) is 15.1. The molecule has 4 heteroatoms. The summed E-state index contributed by atoms with van der Waals surface area (Å²) in [4.78, 5) is 17.3. The molecule has 0 aliphatic heterocycles. The summed E-state index contributed by atoms with van der Waals surface area (Å²) in [5.41, 5.74) is 2.01. The Kier molecular flexibility index (Phi) is 11.8. The van der Waals surface area contributed by atoms with Crippen LogP contribution in [0.4, 0.5) is 0 Å². The minimum atomic E-state index is -1.14. The van der Waals surface area contributed by atoms with Gasteiger partial charge in [-0.15, -0.1) is 0 Å². The van der Waals surface area contributed by atoms with Gasteiger partial charge in [-0.3, -0.25) is 4.98 Å². The monoisotopic (exact) mass is 462 g/mol. The maximum absolute atomic E-state index is 12.6. The third kappa shape index (κ3) is 8.93. The molecule has 0 saturated heterocycles. The maximum atomic E-state index is 12.6. The summed E-state index contributed by atoms with van der Waals surface area (Å²) in [6, 6.07) is 13.7. The lowest BCUT2D eigenvalue weighted by Gasteiger charge is -2.22. The number of unbranched alkanes of at least 4 members (excludes halogenated alkanes) is 7. The van der Waals surface area contributed by atoms with E-state index in [1.54, 1.807) is 19.1 Å². The van der Waals surface area contributed by atoms with Crippen molar-refractivity contribution in [2.45, 2.75) is 98.3 Å². The van der Waals surface area contributed by atoms with Gasteiger partial charge in [-0.1, -0.05) is 78.2 Å². The molecular weight excluding hydrogens is 420 g/mol. The highest BCUT2D eigenvalue weighted by Crippen LogP contribution is 2.30. The second-order valence-corrected chi connectivity index (χ2v) is 9.85. The zero-order valence-corrected chi connectivity index (χ0v) is 21.6. The number of aryl methyl sites for hydroxylation is 1. The standard InChI is InChI=1S/C30H42N2O2/c1-5-7-8-9-10-11-12-13-14-25-15-20-28(32-22-25)26-16-18-27(19-17-26)34-29(33)30(4,23-31)21-24(3)6-2/h15-20,22,24H,5-14,21H2,1-4H3. The molecular formula is C30H42N2O2. The van der Waals surface area contributed by atoms with Crippen LogP contribution in [0.1, 0.15) is 97.5 Å². The fourth-order valence-corrected chi connectivity index (χ4v) is 4.14. The van der Waals surface area contributed by atoms with E-state index < -0.39 is 11.4 Å². The van der Waals surface area contributed by atoms with E-state index in [0.717, 1.165) is 24.1 Å². The fourth-order valence-electron chi connectivity index (χ4n) is 4.14. The third-order valence-electron chi connectivity index (χ3n) is 6.66. The van der Waals surface area contributed by atoms with Crippen LogP contribution >= 0.6 is 0 Å². The van der Waals surface area contributed by atoms with Crippen molar-refractivity contribution in [1.82, 2.24) is 4.98 Å². The average molecular weight is 463 g/mol. The van der Waals surface area contributed by atoms with Crippen LogP contribution in [0.3, 0.4) is 0 Å². The van der Waals surface area contributed by atoms with Gasteiger partial charge in [-0.05, 0) is 68.0 Å². The second kappa shape index (κ2) is 14.6. The summed E-state index contributed by atoms with van der Waals surface area (Å²) in [6.45, 7) is 8.03. The van der Waals surface area contributed by atoms with Gasteiger partial charge >= 0.3 is 5.97 Å². The smallest absolute Gasteiger partial charge is 0.331 e. The molecule has 1 aromatic heterocycles. The Labute approximate surface area is 206 Å². The van der Waals surface area contributed by atoms with Crippen LogP contribution in [0.15, 0.2) is 42.6 Å². The predicted molar refractivity (Wildman–Crippen MR) is 139 cm³/mol. The molecule has 0 aliphatic rings. The van der Waals surface area contributed by atoms with Gasteiger partial charge in [-0.25, -0.2) is 4.79 Å². The summed E-state index contributed by atoms with van der Waals surface area (Å²) in [5.74, 6) is 0.237. The van der Waals surface area contributed by atoms with E-state index in [1.807, 2.05) is 25.3 Å². The number of hydrogen-bond donors (Lipinski definition) is 0. The van der Waals surface area contributed by atoms with Crippen LogP contribution < -0.4 is 4.74 Å². The van der Waals surface area contributed by atoms with Crippen molar-refractivity contribution in [3.63, 3.8) is 0 Å². The van der Waals surface area contributed by atoms with E-state index in [4.69, 9.17) is 4.74 Å². The van der Waals surface area contributed by atoms with Crippen molar-refractivity contribution >= 4 is 5.97 Å². The lowest BCUT2D eigenvalue weighted by molar-refractivity contribution is -0.142. The molecule has 0 spiro atoms. The number of carbonyl (C=O) groups is 1. The molecule has 0 bridgehead atoms. The molecule has 1 aromatic carbocycles. The first kappa shape index (κ1) is 27.6. The molecule has 0 amide bonds. The van der Waals surface area contributed by atoms with Crippen LogP contribution in [0.5, 0.6) is 5.75 Å². The first-order chi connectivity index (χ1) is 16.4. The quantitative estimate of drug-likeness (QED) is 0.152. The van der Waals surface area contributed by atoms with Gasteiger partial charge in [0.2, 0.25) is 0 Å². The van der Waals surface area contributed by atoms with Crippen LogP contribution in [0.2, 0.25) is 0 Å². The minimum Gasteiger partial charge on any atom is -0.425 e. The number of ether oxygens (including phenoxy) is 1. The summed E-state index contributed by atoms with van der Waals surface area (Å²) < 4.78 is 5.54. The Balaban J connectivity index is 1.84. The first-order valence-corrected chi connectivity index (χ1v) is 13.1. The van der Waals surface area contributed by atoms with Crippen LogP contribution in [0, 0.1) is 22.7 Å². The lowest BCUT2D eigenvalue weighted by atomic mass is 9.82. The van der Waals surface area contributed by atoms with Gasteiger partial charge in [0.05, 0.1) is 11.8 Å². The van der Waals surface area contributed by atoms with Crippen molar-refractivity contribution in [3.8, 4) is 23.1 Å². The molecule has 184 valence electrons. The number of rotatable bonds is 15. The van der Waals surface area contributed by atoms with Crippen molar-refractivity contribution in [3.05, 3.63) is 48.2 Å². The van der Waals surface area contributed by atoms with Gasteiger partial charge in [0, 0.05) is 11.8 Å². The van der Waals surface area contributed by atoms with Crippen molar-refractivity contribution in [2.75, 3.05) is 0 Å². The zero-order chi connectivity index (χ0) is 24.8. The highest BCUT2D eigenvalue weighted by molar-refractivity contribution is 5.81. The summed E-state index contributed by atoms with van der Waals surface area (Å²) in [7, 11) is 0. The molecule has 4 nitrogen and oxygen atoms in total. The lowest BCUT2D eigenvalue weighted by Crippen LogP contribution is -2.32. The molecule has 2 rings (SSSR count). The predicted octanol–water partition coefficient (Wildman–Crippen LogP) is 8.30. The van der Waals surface area contributed by atoms with Gasteiger partial charge < -0.3 is 4.74 Å². The van der Waals surface area contributed by atoms with Gasteiger partial charge in [0.1, 0.15) is 5.75 Å². The molecule has 0 aliphatic carbocycles. The first-order valence-electron chi connectivity index (χ1n) is 13.1. The molecule has 0 N–H and O–H groups in total. The Morgan fingerprint density at radius 2 is 1.65 bits per heavy atom. The highest BCUT2D eigenvalue weighted by Gasteiger charge is 2.36. The van der Waals surface area contributed by atoms with Crippen LogP contribution in [-0.2, 0) is 11.2 Å². The summed E-state index contributed by atoms with van der Waals surface area (Å²) >= 11 is 0. The average Bonchev–Trinajstić information content (AvgIpc) is 2.86. The number of aromatic nitrogens is 1. The van der Waals surface area contributed by atoms with E-state index >= 15 is 0 Å². The van der Waals surface area contributed by atoms with E-state index in [2.05, 4.69) is 37.0 Å². The van der Waals surface area contributed by atoms with E-state index in [-0.39, 0.29) is 5.92 Å². The molecule has 1 heterocycles. The SMILES string of the molecule is CCCCCCCCCCc1ccc(-c2ccc(OC(=O)C(C)(C#N)CC(C)CC)cc2)nc1. The molecule has 2 atom stereocenters. The Morgan fingerprint density at radius 3 is 2.21 bits per heavy atom. The topological polar surface area (TPSA) is 63.0 Å². The number of esters is 1. The van der Waals surface area contributed by atoms with Crippen molar-refractivity contribution in [1.29, 1.82) is 5.26 Å². The number of nitriles is 1. The van der Waals surface area contributed by atoms with Gasteiger partial charge in [0.15, 0.2) is 5.41 Å². The third-order valence-corrected chi connectivity index (χ3v) is 6.66. The molecule has 34 heavy (non-hydrogen) atoms. The Hall–Kier alpha value is -2.67. The number of benzene rings is 1. The molecule has 2 aromatic rings. The highest BCUT2D eigenvalue weighted by atomic mass is 16.5. The molecule has 2 unspecified atom stereocenters. The second-order valence-electron chi connectivity index (χ2n) is 9.85. The Morgan fingerprint density at radius 1 is 1.00 bits per heavy atom. The zero-order valence-electron chi connectivity index (χ0n) is 21.6. The number of carbonyl (C=O) groups excluding carboxylic acids is 1. The van der Waals surface area contributed by atoms with E-state index in [1.165, 1.54) is 56.9 Å². The van der Waals surface area contributed by atoms with Crippen LogP contribution in [0.25, 0.3) is 11.3 Å². The van der Waals surface area contributed by atoms with E-state index in [0.29, 0.717) is 12.2 Å². The minimum absolute atomic E-state index is 0.282. The molecule has 0 fully saturated rings.